The average Bonchev–Trinajstić information content (AvgIpc) is 2.12. The molecule has 14 heavy (non-hydrogen) atoms. The third-order valence-corrected chi connectivity index (χ3v) is 3.41. The number of esters is 1. The second-order valence-corrected chi connectivity index (χ2v) is 4.21. The SMILES string of the molecule is CCC(N)C(CC(=O)OC)C1CCC1. The van der Waals surface area contributed by atoms with Gasteiger partial charge in [0, 0.05) is 6.04 Å². The van der Waals surface area contributed by atoms with E-state index in [1.807, 2.05) is 0 Å². The molecule has 1 saturated carbocycles. The molecule has 0 saturated heterocycles. The molecule has 3 heteroatoms. The number of carbonyl (C=O) groups excluding carboxylic acids is 1. The smallest absolute Gasteiger partial charge is 0.305 e. The van der Waals surface area contributed by atoms with E-state index in [-0.39, 0.29) is 12.0 Å². The number of ether oxygens (including phenoxy) is 1. The standard InChI is InChI=1S/C11H21NO2/c1-3-10(12)9(7-11(13)14-2)8-5-4-6-8/h8-10H,3-7,12H2,1-2H3. The van der Waals surface area contributed by atoms with Crippen molar-refractivity contribution in [1.82, 2.24) is 0 Å². The van der Waals surface area contributed by atoms with E-state index < -0.39 is 0 Å². The predicted octanol–water partition coefficient (Wildman–Crippen LogP) is 1.70. The number of methoxy groups -OCH3 is 1. The lowest BCUT2D eigenvalue weighted by atomic mass is 9.71. The molecule has 1 fully saturated rings. The van der Waals surface area contributed by atoms with E-state index in [0.29, 0.717) is 18.3 Å². The van der Waals surface area contributed by atoms with Crippen molar-refractivity contribution in [1.29, 1.82) is 0 Å². The minimum Gasteiger partial charge on any atom is -0.469 e. The summed E-state index contributed by atoms with van der Waals surface area (Å²) in [5.41, 5.74) is 6.02. The van der Waals surface area contributed by atoms with Crippen LogP contribution in [0.15, 0.2) is 0 Å². The van der Waals surface area contributed by atoms with E-state index in [1.54, 1.807) is 0 Å². The van der Waals surface area contributed by atoms with Gasteiger partial charge in [0.25, 0.3) is 0 Å². The molecule has 2 unspecified atom stereocenters. The number of nitrogens with two attached hydrogens (primary N) is 1. The molecule has 1 aliphatic rings. The molecule has 0 aliphatic heterocycles. The second-order valence-electron chi connectivity index (χ2n) is 4.21. The summed E-state index contributed by atoms with van der Waals surface area (Å²) in [5, 5.41) is 0. The molecule has 0 bridgehead atoms. The molecule has 1 aliphatic carbocycles. The average molecular weight is 199 g/mol. The van der Waals surface area contributed by atoms with Crippen molar-refractivity contribution in [2.24, 2.45) is 17.6 Å². The molecule has 0 aromatic rings. The number of hydrogen-bond acceptors (Lipinski definition) is 3. The lowest BCUT2D eigenvalue weighted by molar-refractivity contribution is -0.142. The van der Waals surface area contributed by atoms with E-state index in [1.165, 1.54) is 26.4 Å². The number of rotatable bonds is 5. The van der Waals surface area contributed by atoms with Crippen LogP contribution in [0.1, 0.15) is 39.0 Å². The van der Waals surface area contributed by atoms with Gasteiger partial charge in [-0.15, -0.1) is 0 Å². The number of carbonyl (C=O) groups is 1. The molecule has 0 aromatic carbocycles. The largest absolute Gasteiger partial charge is 0.469 e. The van der Waals surface area contributed by atoms with Crippen LogP contribution < -0.4 is 5.73 Å². The third kappa shape index (κ3) is 2.71. The highest BCUT2D eigenvalue weighted by atomic mass is 16.5. The van der Waals surface area contributed by atoms with Crippen molar-refractivity contribution in [3.63, 3.8) is 0 Å². The minimum atomic E-state index is -0.120. The summed E-state index contributed by atoms with van der Waals surface area (Å²) in [5.74, 6) is 0.871. The van der Waals surface area contributed by atoms with Crippen LogP contribution in [0.4, 0.5) is 0 Å². The first-order valence-electron chi connectivity index (χ1n) is 5.51. The summed E-state index contributed by atoms with van der Waals surface area (Å²) >= 11 is 0. The van der Waals surface area contributed by atoms with Gasteiger partial charge in [-0.25, -0.2) is 0 Å². The maximum atomic E-state index is 11.2. The topological polar surface area (TPSA) is 52.3 Å². The lowest BCUT2D eigenvalue weighted by Gasteiger charge is -2.36. The Morgan fingerprint density at radius 2 is 2.21 bits per heavy atom. The zero-order chi connectivity index (χ0) is 10.6. The summed E-state index contributed by atoms with van der Waals surface area (Å²) < 4.78 is 4.70. The normalized spacial score (nSPS) is 21.1. The zero-order valence-electron chi connectivity index (χ0n) is 9.16. The lowest BCUT2D eigenvalue weighted by Crippen LogP contribution is -2.39. The maximum Gasteiger partial charge on any atom is 0.305 e. The van der Waals surface area contributed by atoms with Gasteiger partial charge in [-0.05, 0) is 18.3 Å². The molecule has 0 spiro atoms. The highest BCUT2D eigenvalue weighted by Crippen LogP contribution is 2.37. The van der Waals surface area contributed by atoms with Gasteiger partial charge in [0.05, 0.1) is 13.5 Å². The Balaban J connectivity index is 2.47. The molecule has 3 nitrogen and oxygen atoms in total. The second kappa shape index (κ2) is 5.35. The molecular weight excluding hydrogens is 178 g/mol. The van der Waals surface area contributed by atoms with Gasteiger partial charge in [-0.2, -0.15) is 0 Å². The van der Waals surface area contributed by atoms with Crippen LogP contribution in [-0.2, 0) is 9.53 Å². The Labute approximate surface area is 86.0 Å². The van der Waals surface area contributed by atoms with Crippen molar-refractivity contribution in [3.8, 4) is 0 Å². The van der Waals surface area contributed by atoms with Crippen molar-refractivity contribution in [2.45, 2.75) is 45.1 Å². The van der Waals surface area contributed by atoms with Gasteiger partial charge in [0.15, 0.2) is 0 Å². The summed E-state index contributed by atoms with van der Waals surface area (Å²) in [6, 6.07) is 0.152. The van der Waals surface area contributed by atoms with Crippen LogP contribution in [0.3, 0.4) is 0 Å². The first-order valence-corrected chi connectivity index (χ1v) is 5.51. The highest BCUT2D eigenvalue weighted by Gasteiger charge is 2.32. The first kappa shape index (κ1) is 11.5. The van der Waals surface area contributed by atoms with Gasteiger partial charge in [0.2, 0.25) is 0 Å². The molecule has 0 heterocycles. The summed E-state index contributed by atoms with van der Waals surface area (Å²) in [7, 11) is 1.44. The quantitative estimate of drug-likeness (QED) is 0.686. The van der Waals surface area contributed by atoms with Crippen LogP contribution in [-0.4, -0.2) is 19.1 Å². The van der Waals surface area contributed by atoms with E-state index in [2.05, 4.69) is 6.92 Å². The Bertz CT molecular complexity index is 185. The van der Waals surface area contributed by atoms with Crippen LogP contribution in [0.2, 0.25) is 0 Å². The number of hydrogen-bond donors (Lipinski definition) is 1. The van der Waals surface area contributed by atoms with E-state index in [9.17, 15) is 4.79 Å². The van der Waals surface area contributed by atoms with Gasteiger partial charge in [-0.3, -0.25) is 4.79 Å². The first-order chi connectivity index (χ1) is 6.69. The van der Waals surface area contributed by atoms with Crippen LogP contribution in [0.25, 0.3) is 0 Å². The fourth-order valence-electron chi connectivity index (χ4n) is 2.11. The van der Waals surface area contributed by atoms with Crippen LogP contribution in [0, 0.1) is 11.8 Å². The molecular formula is C11H21NO2. The fourth-order valence-corrected chi connectivity index (χ4v) is 2.11. The molecule has 0 aromatic heterocycles. The maximum absolute atomic E-state index is 11.2. The van der Waals surface area contributed by atoms with Crippen molar-refractivity contribution < 1.29 is 9.53 Å². The van der Waals surface area contributed by atoms with E-state index in [4.69, 9.17) is 10.5 Å². The molecule has 2 atom stereocenters. The monoisotopic (exact) mass is 199 g/mol. The Morgan fingerprint density at radius 3 is 2.57 bits per heavy atom. The van der Waals surface area contributed by atoms with Crippen LogP contribution >= 0.6 is 0 Å². The Kier molecular flexibility index (Phi) is 4.39. The van der Waals surface area contributed by atoms with Crippen molar-refractivity contribution in [2.75, 3.05) is 7.11 Å². The van der Waals surface area contributed by atoms with E-state index in [0.717, 1.165) is 6.42 Å². The van der Waals surface area contributed by atoms with E-state index >= 15 is 0 Å². The van der Waals surface area contributed by atoms with Gasteiger partial charge in [0.1, 0.15) is 0 Å². The van der Waals surface area contributed by atoms with Gasteiger partial charge >= 0.3 is 5.97 Å². The predicted molar refractivity (Wildman–Crippen MR) is 55.7 cm³/mol. The Hall–Kier alpha value is -0.570. The highest BCUT2D eigenvalue weighted by molar-refractivity contribution is 5.69. The Morgan fingerprint density at radius 1 is 1.57 bits per heavy atom. The minimum absolute atomic E-state index is 0.120. The molecule has 2 N–H and O–H groups in total. The summed E-state index contributed by atoms with van der Waals surface area (Å²) in [4.78, 5) is 11.2. The van der Waals surface area contributed by atoms with Gasteiger partial charge < -0.3 is 10.5 Å². The summed E-state index contributed by atoms with van der Waals surface area (Å²) in [6.45, 7) is 2.08. The molecule has 82 valence electrons. The third-order valence-electron chi connectivity index (χ3n) is 3.41. The summed E-state index contributed by atoms with van der Waals surface area (Å²) in [6.07, 6.45) is 5.19. The van der Waals surface area contributed by atoms with Crippen molar-refractivity contribution >= 4 is 5.97 Å². The fraction of sp³-hybridized carbons (Fsp3) is 0.909. The van der Waals surface area contributed by atoms with Crippen molar-refractivity contribution in [3.05, 3.63) is 0 Å². The van der Waals surface area contributed by atoms with Crippen LogP contribution in [0.5, 0.6) is 0 Å². The van der Waals surface area contributed by atoms with Gasteiger partial charge in [-0.1, -0.05) is 26.2 Å². The molecule has 1 rings (SSSR count). The zero-order valence-corrected chi connectivity index (χ0v) is 9.16. The molecule has 0 amide bonds. The molecule has 0 radical (unpaired) electrons.